The number of likely N-dealkylation sites (N-methyl/N-ethyl adjacent to an activating group) is 1. The van der Waals surface area contributed by atoms with E-state index in [0.717, 1.165) is 25.2 Å². The molecule has 2 aromatic heterocycles. The summed E-state index contributed by atoms with van der Waals surface area (Å²) in [6, 6.07) is 7.81. The van der Waals surface area contributed by atoms with Crippen molar-refractivity contribution in [1.29, 1.82) is 0 Å². The second-order valence-corrected chi connectivity index (χ2v) is 5.52. The molecule has 2 aromatic rings. The van der Waals surface area contributed by atoms with Crippen LogP contribution in [0.15, 0.2) is 30.5 Å². The van der Waals surface area contributed by atoms with Gasteiger partial charge < -0.3 is 5.32 Å². The smallest absolute Gasteiger partial charge is 0.269 e. The molecule has 0 saturated carbocycles. The first-order valence-corrected chi connectivity index (χ1v) is 7.77. The molecule has 6 nitrogen and oxygen atoms in total. The number of amides is 1. The molecular formula is C16H21N5O. The van der Waals surface area contributed by atoms with E-state index in [1.54, 1.807) is 12.3 Å². The highest BCUT2D eigenvalue weighted by Crippen LogP contribution is 2.16. The van der Waals surface area contributed by atoms with Gasteiger partial charge in [0.25, 0.3) is 5.91 Å². The summed E-state index contributed by atoms with van der Waals surface area (Å²) in [4.78, 5) is 18.9. The van der Waals surface area contributed by atoms with Gasteiger partial charge in [0.2, 0.25) is 0 Å². The first-order valence-electron chi connectivity index (χ1n) is 7.77. The van der Waals surface area contributed by atoms with Gasteiger partial charge in [-0.2, -0.15) is 5.10 Å². The van der Waals surface area contributed by atoms with E-state index in [1.165, 1.54) is 6.42 Å². The van der Waals surface area contributed by atoms with Crippen molar-refractivity contribution in [2.45, 2.75) is 25.8 Å². The van der Waals surface area contributed by atoms with E-state index in [4.69, 9.17) is 0 Å². The van der Waals surface area contributed by atoms with E-state index in [2.05, 4.69) is 32.3 Å². The van der Waals surface area contributed by atoms with Crippen LogP contribution in [0.25, 0.3) is 11.4 Å². The zero-order valence-corrected chi connectivity index (χ0v) is 12.7. The maximum absolute atomic E-state index is 12.2. The van der Waals surface area contributed by atoms with Gasteiger partial charge in [-0.1, -0.05) is 13.0 Å². The quantitative estimate of drug-likeness (QED) is 0.881. The molecule has 6 heteroatoms. The molecule has 0 radical (unpaired) electrons. The van der Waals surface area contributed by atoms with Crippen LogP contribution in [0.3, 0.4) is 0 Å². The SMILES string of the molecule is CCN1CCC[C@@H]1CNC(=O)c1cc(-c2ccccn2)n[nH]1. The number of aromatic nitrogens is 3. The van der Waals surface area contributed by atoms with Crippen LogP contribution in [-0.4, -0.2) is 51.7 Å². The Morgan fingerprint density at radius 2 is 2.36 bits per heavy atom. The molecule has 3 heterocycles. The second-order valence-electron chi connectivity index (χ2n) is 5.52. The molecule has 3 rings (SSSR count). The zero-order chi connectivity index (χ0) is 15.4. The van der Waals surface area contributed by atoms with Crippen molar-refractivity contribution in [3.05, 3.63) is 36.2 Å². The Morgan fingerprint density at radius 1 is 1.45 bits per heavy atom. The third-order valence-corrected chi connectivity index (χ3v) is 4.15. The van der Waals surface area contributed by atoms with Gasteiger partial charge in [-0.15, -0.1) is 0 Å². The number of nitrogens with one attached hydrogen (secondary N) is 2. The Hall–Kier alpha value is -2.21. The molecule has 0 bridgehead atoms. The largest absolute Gasteiger partial charge is 0.349 e. The molecule has 0 aromatic carbocycles. The first-order chi connectivity index (χ1) is 10.8. The van der Waals surface area contributed by atoms with Gasteiger partial charge in [0.15, 0.2) is 0 Å². The highest BCUT2D eigenvalue weighted by molar-refractivity contribution is 5.93. The number of aromatic amines is 1. The van der Waals surface area contributed by atoms with Gasteiger partial charge in [0.05, 0.1) is 5.69 Å². The normalized spacial score (nSPS) is 18.5. The van der Waals surface area contributed by atoms with Crippen molar-refractivity contribution in [3.8, 4) is 11.4 Å². The maximum atomic E-state index is 12.2. The van der Waals surface area contributed by atoms with Crippen LogP contribution in [0, 0.1) is 0 Å². The Kier molecular flexibility index (Phi) is 4.48. The number of nitrogens with zero attached hydrogens (tertiary/aromatic N) is 3. The minimum atomic E-state index is -0.113. The summed E-state index contributed by atoms with van der Waals surface area (Å²) in [5.41, 5.74) is 1.91. The number of hydrogen-bond donors (Lipinski definition) is 2. The van der Waals surface area contributed by atoms with Gasteiger partial charge in [-0.3, -0.25) is 19.8 Å². The molecule has 0 unspecified atom stereocenters. The molecule has 116 valence electrons. The summed E-state index contributed by atoms with van der Waals surface area (Å²) in [5, 5.41) is 9.95. The highest BCUT2D eigenvalue weighted by Gasteiger charge is 2.23. The molecule has 0 spiro atoms. The van der Waals surface area contributed by atoms with E-state index >= 15 is 0 Å². The van der Waals surface area contributed by atoms with Gasteiger partial charge in [0, 0.05) is 18.8 Å². The van der Waals surface area contributed by atoms with Gasteiger partial charge >= 0.3 is 0 Å². The van der Waals surface area contributed by atoms with Crippen LogP contribution in [0.1, 0.15) is 30.3 Å². The summed E-state index contributed by atoms with van der Waals surface area (Å²) in [6.45, 7) is 5.01. The summed E-state index contributed by atoms with van der Waals surface area (Å²) in [5.74, 6) is -0.113. The number of rotatable bonds is 5. The molecule has 1 aliphatic heterocycles. The first kappa shape index (κ1) is 14.7. The predicted molar refractivity (Wildman–Crippen MR) is 84.4 cm³/mol. The lowest BCUT2D eigenvalue weighted by Crippen LogP contribution is -2.40. The Labute approximate surface area is 129 Å². The third-order valence-electron chi connectivity index (χ3n) is 4.15. The fourth-order valence-electron chi connectivity index (χ4n) is 2.93. The number of carbonyl (C=O) groups is 1. The Morgan fingerprint density at radius 3 is 3.14 bits per heavy atom. The fraction of sp³-hybridized carbons (Fsp3) is 0.438. The fourth-order valence-corrected chi connectivity index (χ4v) is 2.93. The van der Waals surface area contributed by atoms with Crippen molar-refractivity contribution in [2.24, 2.45) is 0 Å². The molecule has 1 fully saturated rings. The van der Waals surface area contributed by atoms with Crippen LogP contribution in [0.5, 0.6) is 0 Å². The molecular weight excluding hydrogens is 278 g/mol. The summed E-state index contributed by atoms with van der Waals surface area (Å²) in [6.07, 6.45) is 4.07. The van der Waals surface area contributed by atoms with Gasteiger partial charge in [0.1, 0.15) is 11.4 Å². The van der Waals surface area contributed by atoms with Crippen molar-refractivity contribution in [1.82, 2.24) is 25.4 Å². The van der Waals surface area contributed by atoms with E-state index in [0.29, 0.717) is 24.0 Å². The standard InChI is InChI=1S/C16H21N5O/c1-2-21-9-5-6-12(21)11-18-16(22)15-10-14(19-20-15)13-7-3-4-8-17-13/h3-4,7-8,10,12H,2,5-6,9,11H2,1H3,(H,18,22)(H,19,20)/t12-/m1/s1. The molecule has 1 amide bonds. The third kappa shape index (κ3) is 3.17. The molecule has 1 saturated heterocycles. The number of carbonyl (C=O) groups excluding carboxylic acids is 1. The summed E-state index contributed by atoms with van der Waals surface area (Å²) in [7, 11) is 0. The van der Waals surface area contributed by atoms with Crippen molar-refractivity contribution in [2.75, 3.05) is 19.6 Å². The lowest BCUT2D eigenvalue weighted by atomic mass is 10.2. The number of H-pyrrole nitrogens is 1. The van der Waals surface area contributed by atoms with Gasteiger partial charge in [-0.05, 0) is 44.1 Å². The van der Waals surface area contributed by atoms with Crippen molar-refractivity contribution in [3.63, 3.8) is 0 Å². The van der Waals surface area contributed by atoms with E-state index in [1.807, 2.05) is 18.2 Å². The topological polar surface area (TPSA) is 73.9 Å². The Balaban J connectivity index is 1.60. The van der Waals surface area contributed by atoms with Crippen LogP contribution in [0.4, 0.5) is 0 Å². The molecule has 0 aliphatic carbocycles. The lowest BCUT2D eigenvalue weighted by Gasteiger charge is -2.22. The van der Waals surface area contributed by atoms with Crippen molar-refractivity contribution >= 4 is 5.91 Å². The molecule has 1 aliphatic rings. The highest BCUT2D eigenvalue weighted by atomic mass is 16.1. The predicted octanol–water partition coefficient (Wildman–Crippen LogP) is 1.69. The summed E-state index contributed by atoms with van der Waals surface area (Å²) >= 11 is 0. The van der Waals surface area contributed by atoms with E-state index in [9.17, 15) is 4.79 Å². The van der Waals surface area contributed by atoms with E-state index in [-0.39, 0.29) is 5.91 Å². The molecule has 22 heavy (non-hydrogen) atoms. The van der Waals surface area contributed by atoms with Gasteiger partial charge in [-0.25, -0.2) is 0 Å². The molecule has 1 atom stereocenters. The summed E-state index contributed by atoms with van der Waals surface area (Å²) < 4.78 is 0. The average Bonchev–Trinajstić information content (AvgIpc) is 3.22. The van der Waals surface area contributed by atoms with Crippen LogP contribution in [0.2, 0.25) is 0 Å². The van der Waals surface area contributed by atoms with Crippen LogP contribution >= 0.6 is 0 Å². The zero-order valence-electron chi connectivity index (χ0n) is 12.7. The van der Waals surface area contributed by atoms with Crippen LogP contribution in [-0.2, 0) is 0 Å². The minimum absolute atomic E-state index is 0.113. The minimum Gasteiger partial charge on any atom is -0.349 e. The number of pyridine rings is 1. The van der Waals surface area contributed by atoms with Crippen LogP contribution < -0.4 is 5.32 Å². The monoisotopic (exact) mass is 299 g/mol. The maximum Gasteiger partial charge on any atom is 0.269 e. The lowest BCUT2D eigenvalue weighted by molar-refractivity contribution is 0.0936. The second kappa shape index (κ2) is 6.70. The average molecular weight is 299 g/mol. The van der Waals surface area contributed by atoms with Crippen molar-refractivity contribution < 1.29 is 4.79 Å². The molecule has 2 N–H and O–H groups in total. The number of likely N-dealkylation sites (tertiary alicyclic amines) is 1. The Bertz CT molecular complexity index is 624. The number of hydrogen-bond acceptors (Lipinski definition) is 4. The van der Waals surface area contributed by atoms with E-state index < -0.39 is 0 Å².